The normalized spacial score (nSPS) is 9.89. The van der Waals surface area contributed by atoms with Gasteiger partial charge < -0.3 is 5.32 Å². The van der Waals surface area contributed by atoms with Crippen molar-refractivity contribution in [1.82, 2.24) is 4.98 Å². The van der Waals surface area contributed by atoms with Gasteiger partial charge in [0.05, 0.1) is 16.3 Å². The first-order chi connectivity index (χ1) is 9.19. The molecule has 1 aromatic carbocycles. The summed E-state index contributed by atoms with van der Waals surface area (Å²) >= 11 is 8.75. The molecule has 0 unspecified atom stereocenters. The fourth-order valence-electron chi connectivity index (χ4n) is 1.29. The van der Waals surface area contributed by atoms with Crippen molar-refractivity contribution in [3.8, 4) is 6.07 Å². The van der Waals surface area contributed by atoms with E-state index in [1.165, 1.54) is 23.1 Å². The summed E-state index contributed by atoms with van der Waals surface area (Å²) in [6.07, 6.45) is 1.70. The highest BCUT2D eigenvalue weighted by Gasteiger charge is 2.07. The van der Waals surface area contributed by atoms with Gasteiger partial charge in [-0.1, -0.05) is 23.4 Å². The van der Waals surface area contributed by atoms with Crippen LogP contribution in [-0.2, 0) is 4.79 Å². The van der Waals surface area contributed by atoms with Crippen LogP contribution in [0, 0.1) is 11.3 Å². The second kappa shape index (κ2) is 6.57. The number of benzene rings is 1. The third-order valence-electron chi connectivity index (χ3n) is 2.11. The fraction of sp³-hybridized carbons (Fsp3) is 0.0833. The largest absolute Gasteiger partial charge is 0.325 e. The van der Waals surface area contributed by atoms with E-state index < -0.39 is 0 Å². The van der Waals surface area contributed by atoms with Crippen molar-refractivity contribution in [2.75, 3.05) is 11.1 Å². The van der Waals surface area contributed by atoms with Gasteiger partial charge in [-0.15, -0.1) is 11.3 Å². The Hall–Kier alpha value is -1.55. The molecule has 0 saturated carbocycles. The van der Waals surface area contributed by atoms with Crippen LogP contribution >= 0.6 is 34.7 Å². The van der Waals surface area contributed by atoms with Crippen molar-refractivity contribution >= 4 is 46.3 Å². The Morgan fingerprint density at radius 1 is 1.58 bits per heavy atom. The van der Waals surface area contributed by atoms with Gasteiger partial charge in [0.1, 0.15) is 10.4 Å². The SMILES string of the molecule is N#Cc1ccc(NC(=O)CSc2nccs2)cc1Cl. The molecule has 7 heteroatoms. The van der Waals surface area contributed by atoms with Crippen LogP contribution in [0.1, 0.15) is 5.56 Å². The van der Waals surface area contributed by atoms with Crippen LogP contribution < -0.4 is 5.32 Å². The number of thioether (sulfide) groups is 1. The fourth-order valence-corrected chi connectivity index (χ4v) is 2.95. The number of nitriles is 1. The summed E-state index contributed by atoms with van der Waals surface area (Å²) in [6, 6.07) is 6.75. The van der Waals surface area contributed by atoms with E-state index in [0.717, 1.165) is 4.34 Å². The molecule has 0 aliphatic carbocycles. The smallest absolute Gasteiger partial charge is 0.234 e. The lowest BCUT2D eigenvalue weighted by molar-refractivity contribution is -0.113. The average molecular weight is 310 g/mol. The molecule has 1 N–H and O–H groups in total. The summed E-state index contributed by atoms with van der Waals surface area (Å²) in [5.74, 6) is 0.145. The van der Waals surface area contributed by atoms with Gasteiger partial charge >= 0.3 is 0 Å². The number of anilines is 1. The molecular weight excluding hydrogens is 302 g/mol. The van der Waals surface area contributed by atoms with Gasteiger partial charge in [-0.2, -0.15) is 5.26 Å². The van der Waals surface area contributed by atoms with E-state index in [0.29, 0.717) is 16.3 Å². The second-order valence-electron chi connectivity index (χ2n) is 3.44. The summed E-state index contributed by atoms with van der Waals surface area (Å²) in [5.41, 5.74) is 0.963. The third kappa shape index (κ3) is 3.96. The Morgan fingerprint density at radius 3 is 3.05 bits per heavy atom. The Morgan fingerprint density at radius 2 is 2.42 bits per heavy atom. The zero-order chi connectivity index (χ0) is 13.7. The number of halogens is 1. The molecule has 2 rings (SSSR count). The molecule has 0 fully saturated rings. The van der Waals surface area contributed by atoms with Crippen LogP contribution in [0.25, 0.3) is 0 Å². The van der Waals surface area contributed by atoms with Crippen molar-refractivity contribution < 1.29 is 4.79 Å². The van der Waals surface area contributed by atoms with E-state index in [1.807, 2.05) is 11.4 Å². The van der Waals surface area contributed by atoms with Gasteiger partial charge in [-0.25, -0.2) is 4.98 Å². The molecular formula is C12H8ClN3OS2. The van der Waals surface area contributed by atoms with Crippen LogP contribution in [0.4, 0.5) is 5.69 Å². The number of nitrogens with zero attached hydrogens (tertiary/aromatic N) is 2. The lowest BCUT2D eigenvalue weighted by Gasteiger charge is -2.05. The molecule has 0 atom stereocenters. The van der Waals surface area contributed by atoms with Gasteiger partial charge in [-0.05, 0) is 18.2 Å². The Kier molecular flexibility index (Phi) is 4.80. The highest BCUT2D eigenvalue weighted by Crippen LogP contribution is 2.22. The standard InChI is InChI=1S/C12H8ClN3OS2/c13-10-5-9(2-1-8(10)6-14)16-11(17)7-19-12-15-3-4-18-12/h1-5H,7H2,(H,16,17). The Labute approximate surface area is 123 Å². The molecule has 2 aromatic rings. The van der Waals surface area contributed by atoms with E-state index in [1.54, 1.807) is 24.4 Å². The number of hydrogen-bond acceptors (Lipinski definition) is 5. The summed E-state index contributed by atoms with van der Waals surface area (Å²) in [7, 11) is 0. The molecule has 4 nitrogen and oxygen atoms in total. The van der Waals surface area contributed by atoms with Crippen LogP contribution in [0.3, 0.4) is 0 Å². The lowest BCUT2D eigenvalue weighted by atomic mass is 10.2. The number of nitrogens with one attached hydrogen (secondary N) is 1. The van der Waals surface area contributed by atoms with Crippen molar-refractivity contribution in [2.24, 2.45) is 0 Å². The summed E-state index contributed by atoms with van der Waals surface area (Å²) < 4.78 is 0.855. The van der Waals surface area contributed by atoms with Crippen molar-refractivity contribution in [3.63, 3.8) is 0 Å². The Bertz CT molecular complexity index is 622. The number of carbonyl (C=O) groups is 1. The van der Waals surface area contributed by atoms with Crippen molar-refractivity contribution in [3.05, 3.63) is 40.4 Å². The van der Waals surface area contributed by atoms with Crippen molar-refractivity contribution in [2.45, 2.75) is 4.34 Å². The summed E-state index contributed by atoms with van der Waals surface area (Å²) in [5, 5.41) is 13.7. The highest BCUT2D eigenvalue weighted by molar-refractivity contribution is 8.01. The number of amides is 1. The van der Waals surface area contributed by atoms with Gasteiger partial charge in [0.15, 0.2) is 0 Å². The lowest BCUT2D eigenvalue weighted by Crippen LogP contribution is -2.13. The zero-order valence-corrected chi connectivity index (χ0v) is 12.0. The zero-order valence-electron chi connectivity index (χ0n) is 9.59. The molecule has 1 aromatic heterocycles. The predicted molar refractivity (Wildman–Crippen MR) is 77.6 cm³/mol. The van der Waals surface area contributed by atoms with E-state index in [-0.39, 0.29) is 11.7 Å². The van der Waals surface area contributed by atoms with Gasteiger partial charge in [0, 0.05) is 17.3 Å². The molecule has 96 valence electrons. The van der Waals surface area contributed by atoms with Gasteiger partial charge in [0.25, 0.3) is 0 Å². The molecule has 0 aliphatic rings. The number of rotatable bonds is 4. The third-order valence-corrected chi connectivity index (χ3v) is 4.39. The molecule has 0 saturated heterocycles. The van der Waals surface area contributed by atoms with Crippen molar-refractivity contribution in [1.29, 1.82) is 5.26 Å². The topological polar surface area (TPSA) is 65.8 Å². The molecule has 0 bridgehead atoms. The van der Waals surface area contributed by atoms with Crippen LogP contribution in [0.5, 0.6) is 0 Å². The van der Waals surface area contributed by atoms with Crippen LogP contribution in [0.2, 0.25) is 5.02 Å². The number of thiazole rings is 1. The number of hydrogen-bond donors (Lipinski definition) is 1. The van der Waals surface area contributed by atoms with E-state index >= 15 is 0 Å². The van der Waals surface area contributed by atoms with E-state index in [2.05, 4.69) is 10.3 Å². The second-order valence-corrected chi connectivity index (χ2v) is 5.97. The predicted octanol–water partition coefficient (Wildman–Crippen LogP) is 3.40. The maximum atomic E-state index is 11.7. The van der Waals surface area contributed by atoms with Crippen LogP contribution in [0.15, 0.2) is 34.1 Å². The molecule has 19 heavy (non-hydrogen) atoms. The molecule has 1 heterocycles. The molecule has 0 spiro atoms. The molecule has 0 radical (unpaired) electrons. The van der Waals surface area contributed by atoms with E-state index in [4.69, 9.17) is 16.9 Å². The quantitative estimate of drug-likeness (QED) is 0.879. The molecule has 0 aliphatic heterocycles. The van der Waals surface area contributed by atoms with Crippen LogP contribution in [-0.4, -0.2) is 16.6 Å². The number of aromatic nitrogens is 1. The minimum absolute atomic E-state index is 0.138. The first kappa shape index (κ1) is 13.9. The Balaban J connectivity index is 1.92. The maximum Gasteiger partial charge on any atom is 0.234 e. The minimum Gasteiger partial charge on any atom is -0.325 e. The average Bonchev–Trinajstić information content (AvgIpc) is 2.90. The maximum absolute atomic E-state index is 11.7. The molecule has 1 amide bonds. The number of carbonyl (C=O) groups excluding carboxylic acids is 1. The highest BCUT2D eigenvalue weighted by atomic mass is 35.5. The van der Waals surface area contributed by atoms with E-state index in [9.17, 15) is 4.79 Å². The summed E-state index contributed by atoms with van der Waals surface area (Å²) in [4.78, 5) is 15.8. The van der Waals surface area contributed by atoms with Gasteiger partial charge in [0.2, 0.25) is 5.91 Å². The first-order valence-corrected chi connectivity index (χ1v) is 7.45. The van der Waals surface area contributed by atoms with Gasteiger partial charge in [-0.3, -0.25) is 4.79 Å². The monoisotopic (exact) mass is 309 g/mol. The minimum atomic E-state index is -0.138. The summed E-state index contributed by atoms with van der Waals surface area (Å²) in [6.45, 7) is 0. The first-order valence-electron chi connectivity index (χ1n) is 5.21.